The van der Waals surface area contributed by atoms with E-state index in [1.807, 2.05) is 79.8 Å². The van der Waals surface area contributed by atoms with Gasteiger partial charge in [-0.05, 0) is 51.2 Å². The van der Waals surface area contributed by atoms with E-state index < -0.39 is 0 Å². The predicted octanol–water partition coefficient (Wildman–Crippen LogP) is 5.67. The van der Waals surface area contributed by atoms with Gasteiger partial charge >= 0.3 is 0 Å². The number of hydrogen-bond donors (Lipinski definition) is 2. The second-order valence-electron chi connectivity index (χ2n) is 9.79. The number of likely N-dealkylation sites (N-methyl/N-ethyl adjacent to an activating group) is 2. The Bertz CT molecular complexity index is 1530. The Morgan fingerprint density at radius 3 is 2.48 bits per heavy atom. The van der Waals surface area contributed by atoms with Crippen LogP contribution in [-0.4, -0.2) is 64.5 Å². The number of amides is 1. The van der Waals surface area contributed by atoms with Gasteiger partial charge in [-0.25, -0.2) is 4.98 Å². The van der Waals surface area contributed by atoms with Gasteiger partial charge in [0.2, 0.25) is 11.9 Å². The van der Waals surface area contributed by atoms with Crippen LogP contribution in [0, 0.1) is 24.0 Å². The standard InChI is InChI=1S/C28H34N8O3.CH4/c1-7-26(37)30-22-16-29-28(32-27(22)35-17-19(3)20-10-8-9-11-23(20)35)31-21-15-25(36(38)39)24(14-18(21)2)34(6)13-12-33(4)5;/h8-11,14-17H,7,12-13H2,1-6H3,(H,30,37)(H,29,31,32);1H4. The van der Waals surface area contributed by atoms with Gasteiger partial charge in [0.25, 0.3) is 5.69 Å². The number of nitro groups is 1. The minimum Gasteiger partial charge on any atom is -0.368 e. The Labute approximate surface area is 235 Å². The van der Waals surface area contributed by atoms with Crippen molar-refractivity contribution in [3.05, 3.63) is 70.0 Å². The molecular formula is C29H38N8O3. The van der Waals surface area contributed by atoms with E-state index in [1.54, 1.807) is 19.2 Å². The van der Waals surface area contributed by atoms with Crippen LogP contribution in [0.3, 0.4) is 0 Å². The summed E-state index contributed by atoms with van der Waals surface area (Å²) in [6.45, 7) is 7.08. The fraction of sp³-hybridized carbons (Fsp3) is 0.345. The molecule has 0 fully saturated rings. The number of carbonyl (C=O) groups excluding carboxylic acids is 1. The average Bonchev–Trinajstić information content (AvgIpc) is 3.25. The van der Waals surface area contributed by atoms with E-state index in [4.69, 9.17) is 4.98 Å². The third-order valence-corrected chi connectivity index (χ3v) is 6.56. The second kappa shape index (κ2) is 12.6. The fourth-order valence-corrected chi connectivity index (χ4v) is 4.33. The maximum absolute atomic E-state index is 12.3. The molecule has 0 spiro atoms. The van der Waals surface area contributed by atoms with Crippen LogP contribution in [0.2, 0.25) is 0 Å². The Kier molecular flexibility index (Phi) is 9.43. The SMILES string of the molecule is C.CCC(=O)Nc1cnc(Nc2cc([N+](=O)[O-])c(N(C)CCN(C)C)cc2C)nc1-n1cc(C)c2ccccc21. The van der Waals surface area contributed by atoms with Crippen molar-refractivity contribution in [3.8, 4) is 5.82 Å². The molecule has 0 bridgehead atoms. The van der Waals surface area contributed by atoms with Crippen molar-refractivity contribution in [1.29, 1.82) is 0 Å². The summed E-state index contributed by atoms with van der Waals surface area (Å²) >= 11 is 0. The number of nitrogens with zero attached hydrogens (tertiary/aromatic N) is 6. The number of fused-ring (bicyclic) bond motifs is 1. The zero-order valence-electron chi connectivity index (χ0n) is 23.1. The molecule has 212 valence electrons. The lowest BCUT2D eigenvalue weighted by Gasteiger charge is -2.22. The number of aryl methyl sites for hydroxylation is 2. The predicted molar refractivity (Wildman–Crippen MR) is 162 cm³/mol. The van der Waals surface area contributed by atoms with Crippen LogP contribution in [-0.2, 0) is 4.79 Å². The highest BCUT2D eigenvalue weighted by atomic mass is 16.6. The second-order valence-corrected chi connectivity index (χ2v) is 9.79. The normalized spacial score (nSPS) is 10.9. The molecule has 0 saturated carbocycles. The van der Waals surface area contributed by atoms with Crippen molar-refractivity contribution in [2.45, 2.75) is 34.6 Å². The summed E-state index contributed by atoms with van der Waals surface area (Å²) in [5.41, 5.74) is 4.32. The summed E-state index contributed by atoms with van der Waals surface area (Å²) in [5, 5.41) is 19.1. The molecule has 0 aliphatic carbocycles. The van der Waals surface area contributed by atoms with Crippen molar-refractivity contribution in [1.82, 2.24) is 19.4 Å². The van der Waals surface area contributed by atoms with E-state index in [2.05, 4.69) is 15.6 Å². The monoisotopic (exact) mass is 546 g/mol. The smallest absolute Gasteiger partial charge is 0.294 e. The molecule has 0 aliphatic rings. The number of carbonyl (C=O) groups is 1. The van der Waals surface area contributed by atoms with Crippen LogP contribution < -0.4 is 15.5 Å². The molecule has 4 rings (SSSR count). The first-order chi connectivity index (χ1) is 18.6. The summed E-state index contributed by atoms with van der Waals surface area (Å²) in [7, 11) is 5.78. The molecule has 11 nitrogen and oxygen atoms in total. The van der Waals surface area contributed by atoms with Gasteiger partial charge in [-0.1, -0.05) is 32.5 Å². The maximum Gasteiger partial charge on any atom is 0.294 e. The van der Waals surface area contributed by atoms with Gasteiger partial charge in [0, 0.05) is 44.2 Å². The van der Waals surface area contributed by atoms with E-state index >= 15 is 0 Å². The van der Waals surface area contributed by atoms with Crippen LogP contribution in [0.1, 0.15) is 31.9 Å². The Hall–Kier alpha value is -4.51. The first-order valence-corrected chi connectivity index (χ1v) is 12.7. The molecule has 2 heterocycles. The van der Waals surface area contributed by atoms with Gasteiger partial charge in [-0.3, -0.25) is 19.5 Å². The number of nitrogens with one attached hydrogen (secondary N) is 2. The Balaban J connectivity index is 0.00000441. The van der Waals surface area contributed by atoms with E-state index in [-0.39, 0.29) is 29.9 Å². The lowest BCUT2D eigenvalue weighted by atomic mass is 10.1. The maximum atomic E-state index is 12.3. The van der Waals surface area contributed by atoms with Gasteiger partial charge in [-0.15, -0.1) is 0 Å². The van der Waals surface area contributed by atoms with Crippen LogP contribution in [0.5, 0.6) is 0 Å². The summed E-state index contributed by atoms with van der Waals surface area (Å²) in [6, 6.07) is 11.3. The molecule has 2 aromatic heterocycles. The first kappa shape index (κ1) is 30.0. The highest BCUT2D eigenvalue weighted by Crippen LogP contribution is 2.35. The van der Waals surface area contributed by atoms with Crippen LogP contribution in [0.25, 0.3) is 16.7 Å². The Morgan fingerprint density at radius 1 is 1.07 bits per heavy atom. The van der Waals surface area contributed by atoms with E-state index in [0.717, 1.165) is 28.6 Å². The van der Waals surface area contributed by atoms with Crippen molar-refractivity contribution in [2.75, 3.05) is 49.8 Å². The van der Waals surface area contributed by atoms with Crippen molar-refractivity contribution < 1.29 is 9.72 Å². The van der Waals surface area contributed by atoms with Gasteiger partial charge in [-0.2, -0.15) is 4.98 Å². The third-order valence-electron chi connectivity index (χ3n) is 6.56. The molecule has 0 aliphatic heterocycles. The van der Waals surface area contributed by atoms with Gasteiger partial charge < -0.3 is 20.4 Å². The summed E-state index contributed by atoms with van der Waals surface area (Å²) < 4.78 is 1.92. The minimum absolute atomic E-state index is 0. The van der Waals surface area contributed by atoms with Gasteiger partial charge in [0.1, 0.15) is 11.4 Å². The number of benzene rings is 2. The zero-order valence-corrected chi connectivity index (χ0v) is 23.1. The number of nitro benzene ring substituents is 1. The molecule has 2 aromatic carbocycles. The summed E-state index contributed by atoms with van der Waals surface area (Å²) in [5.74, 6) is 0.584. The van der Waals surface area contributed by atoms with Gasteiger partial charge in [0.05, 0.1) is 22.3 Å². The highest BCUT2D eigenvalue weighted by Gasteiger charge is 2.21. The average molecular weight is 547 g/mol. The molecule has 40 heavy (non-hydrogen) atoms. The van der Waals surface area contributed by atoms with E-state index in [0.29, 0.717) is 35.8 Å². The largest absolute Gasteiger partial charge is 0.368 e. The van der Waals surface area contributed by atoms with E-state index in [9.17, 15) is 14.9 Å². The van der Waals surface area contributed by atoms with Crippen LogP contribution >= 0.6 is 0 Å². The number of para-hydroxylation sites is 1. The van der Waals surface area contributed by atoms with Crippen molar-refractivity contribution in [3.63, 3.8) is 0 Å². The summed E-state index contributed by atoms with van der Waals surface area (Å²) in [6.07, 6.45) is 3.82. The first-order valence-electron chi connectivity index (χ1n) is 12.7. The third kappa shape index (κ3) is 6.37. The van der Waals surface area contributed by atoms with Crippen molar-refractivity contribution >= 4 is 45.5 Å². The number of anilines is 4. The number of hydrogen-bond acceptors (Lipinski definition) is 8. The highest BCUT2D eigenvalue weighted by molar-refractivity contribution is 5.93. The molecule has 0 radical (unpaired) electrons. The molecule has 1 amide bonds. The molecule has 11 heteroatoms. The molecule has 0 atom stereocenters. The van der Waals surface area contributed by atoms with E-state index in [1.165, 1.54) is 6.07 Å². The lowest BCUT2D eigenvalue weighted by Crippen LogP contribution is -2.29. The minimum atomic E-state index is -0.378. The molecular weight excluding hydrogens is 508 g/mol. The fourth-order valence-electron chi connectivity index (χ4n) is 4.33. The molecule has 0 unspecified atom stereocenters. The van der Waals surface area contributed by atoms with Crippen LogP contribution in [0.4, 0.5) is 28.7 Å². The summed E-state index contributed by atoms with van der Waals surface area (Å²) in [4.78, 5) is 37.0. The van der Waals surface area contributed by atoms with Gasteiger partial charge in [0.15, 0.2) is 5.82 Å². The van der Waals surface area contributed by atoms with Crippen molar-refractivity contribution in [2.24, 2.45) is 0 Å². The van der Waals surface area contributed by atoms with Crippen LogP contribution in [0.15, 0.2) is 48.8 Å². The lowest BCUT2D eigenvalue weighted by molar-refractivity contribution is -0.384. The molecule has 4 aromatic rings. The number of rotatable bonds is 10. The number of aromatic nitrogens is 3. The topological polar surface area (TPSA) is 121 Å². The Morgan fingerprint density at radius 2 is 1.80 bits per heavy atom. The molecule has 0 saturated heterocycles. The molecule has 2 N–H and O–H groups in total. The zero-order chi connectivity index (χ0) is 28.3. The quantitative estimate of drug-likeness (QED) is 0.193.